The maximum Gasteiger partial charge on any atom is 0.264 e. The number of carbonyl (C=O) groups is 1. The lowest BCUT2D eigenvalue weighted by Crippen LogP contribution is -2.14. The highest BCUT2D eigenvalue weighted by Gasteiger charge is 2.20. The average Bonchev–Trinajstić information content (AvgIpc) is 2.89. The molecule has 0 fully saturated rings. The number of aromatic nitrogens is 1. The first kappa shape index (κ1) is 17.2. The molecule has 0 unspecified atom stereocenters. The number of hydrogen-bond acceptors (Lipinski definition) is 5. The maximum absolute atomic E-state index is 13.7. The Morgan fingerprint density at radius 1 is 1.16 bits per heavy atom. The van der Waals surface area contributed by atoms with Gasteiger partial charge in [-0.3, -0.25) is 9.52 Å². The molecule has 10 heteroatoms. The minimum absolute atomic E-state index is 0.135. The average molecular weight is 383 g/mol. The van der Waals surface area contributed by atoms with E-state index in [-0.39, 0.29) is 11.6 Å². The van der Waals surface area contributed by atoms with Crippen molar-refractivity contribution in [3.05, 3.63) is 48.0 Å². The Morgan fingerprint density at radius 2 is 1.92 bits per heavy atom. The fourth-order valence-corrected chi connectivity index (χ4v) is 4.12. The second kappa shape index (κ2) is 6.37. The van der Waals surface area contributed by atoms with Gasteiger partial charge < -0.3 is 5.32 Å². The number of thiazole rings is 1. The Bertz CT molecular complexity index is 1080. The summed E-state index contributed by atoms with van der Waals surface area (Å²) in [5, 5.41) is 2.91. The first-order valence-electron chi connectivity index (χ1n) is 6.91. The Labute approximate surface area is 145 Å². The van der Waals surface area contributed by atoms with Gasteiger partial charge in [0.2, 0.25) is 5.91 Å². The largest absolute Gasteiger partial charge is 0.302 e. The molecule has 6 nitrogen and oxygen atoms in total. The summed E-state index contributed by atoms with van der Waals surface area (Å²) in [6.45, 7) is 1.35. The van der Waals surface area contributed by atoms with Crippen LogP contribution in [0.25, 0.3) is 10.2 Å². The van der Waals surface area contributed by atoms with Gasteiger partial charge in [-0.2, -0.15) is 0 Å². The van der Waals surface area contributed by atoms with Crippen molar-refractivity contribution in [2.45, 2.75) is 11.8 Å². The second-order valence-electron chi connectivity index (χ2n) is 5.06. The van der Waals surface area contributed by atoms with Crippen LogP contribution in [-0.4, -0.2) is 19.3 Å². The van der Waals surface area contributed by atoms with Gasteiger partial charge in [-0.25, -0.2) is 22.2 Å². The van der Waals surface area contributed by atoms with E-state index in [4.69, 9.17) is 0 Å². The summed E-state index contributed by atoms with van der Waals surface area (Å²) >= 11 is 1.22. The van der Waals surface area contributed by atoms with Crippen LogP contribution in [0.2, 0.25) is 0 Å². The van der Waals surface area contributed by atoms with Crippen LogP contribution in [0.3, 0.4) is 0 Å². The van der Waals surface area contributed by atoms with E-state index < -0.39 is 26.6 Å². The summed E-state index contributed by atoms with van der Waals surface area (Å²) in [5.41, 5.74) is 0.588. The monoisotopic (exact) mass is 383 g/mol. The molecule has 1 heterocycles. The molecule has 0 atom stereocenters. The van der Waals surface area contributed by atoms with Crippen LogP contribution in [0, 0.1) is 11.6 Å². The van der Waals surface area contributed by atoms with Crippen molar-refractivity contribution in [1.82, 2.24) is 4.98 Å². The van der Waals surface area contributed by atoms with E-state index in [1.807, 2.05) is 0 Å². The lowest BCUT2D eigenvalue weighted by molar-refractivity contribution is -0.114. The first-order chi connectivity index (χ1) is 11.7. The van der Waals surface area contributed by atoms with Crippen molar-refractivity contribution < 1.29 is 22.0 Å². The molecule has 3 aromatic rings. The molecule has 0 saturated carbocycles. The van der Waals surface area contributed by atoms with Crippen molar-refractivity contribution >= 4 is 48.3 Å². The molecule has 0 bridgehead atoms. The van der Waals surface area contributed by atoms with Gasteiger partial charge in [0.25, 0.3) is 10.0 Å². The number of benzene rings is 2. The fourth-order valence-electron chi connectivity index (χ4n) is 2.09. The number of halogens is 2. The highest BCUT2D eigenvalue weighted by Crippen LogP contribution is 2.29. The van der Waals surface area contributed by atoms with E-state index in [0.29, 0.717) is 16.7 Å². The fraction of sp³-hybridized carbons (Fsp3) is 0.0667. The molecule has 0 aliphatic carbocycles. The molecule has 25 heavy (non-hydrogen) atoms. The lowest BCUT2D eigenvalue weighted by Gasteiger charge is -2.09. The van der Waals surface area contributed by atoms with E-state index in [0.717, 1.165) is 16.8 Å². The van der Waals surface area contributed by atoms with Gasteiger partial charge in [-0.1, -0.05) is 11.3 Å². The lowest BCUT2D eigenvalue weighted by atomic mass is 10.3. The van der Waals surface area contributed by atoms with Crippen molar-refractivity contribution in [3.8, 4) is 0 Å². The van der Waals surface area contributed by atoms with Gasteiger partial charge in [0.15, 0.2) is 5.13 Å². The third kappa shape index (κ3) is 3.74. The van der Waals surface area contributed by atoms with Gasteiger partial charge in [-0.05, 0) is 36.4 Å². The molecule has 0 aliphatic rings. The van der Waals surface area contributed by atoms with Crippen molar-refractivity contribution in [2.75, 3.05) is 10.0 Å². The molecule has 1 aromatic heterocycles. The first-order valence-corrected chi connectivity index (χ1v) is 9.20. The molecular formula is C15H11F2N3O3S2. The highest BCUT2D eigenvalue weighted by atomic mass is 32.2. The van der Waals surface area contributed by atoms with Crippen LogP contribution >= 0.6 is 11.3 Å². The Kier molecular flexibility index (Phi) is 4.39. The van der Waals surface area contributed by atoms with Crippen LogP contribution in [0.15, 0.2) is 41.3 Å². The van der Waals surface area contributed by atoms with Crippen LogP contribution in [0.4, 0.5) is 19.6 Å². The molecule has 2 N–H and O–H groups in total. The molecule has 0 spiro atoms. The van der Waals surface area contributed by atoms with Crippen LogP contribution in [0.1, 0.15) is 6.92 Å². The zero-order chi connectivity index (χ0) is 18.2. The van der Waals surface area contributed by atoms with Gasteiger partial charge >= 0.3 is 0 Å². The predicted octanol–water partition coefficient (Wildman–Crippen LogP) is 3.33. The number of carbonyl (C=O) groups excluding carboxylic acids is 1. The van der Waals surface area contributed by atoms with Crippen LogP contribution in [-0.2, 0) is 14.8 Å². The Balaban J connectivity index is 1.94. The molecule has 0 aliphatic heterocycles. The van der Waals surface area contributed by atoms with E-state index in [9.17, 15) is 22.0 Å². The summed E-state index contributed by atoms with van der Waals surface area (Å²) in [7, 11) is -4.31. The van der Waals surface area contributed by atoms with Crippen molar-refractivity contribution in [2.24, 2.45) is 0 Å². The number of fused-ring (bicyclic) bond motifs is 1. The second-order valence-corrected chi connectivity index (χ2v) is 7.74. The van der Waals surface area contributed by atoms with E-state index in [1.165, 1.54) is 30.4 Å². The Morgan fingerprint density at radius 3 is 2.64 bits per heavy atom. The molecule has 0 saturated heterocycles. The van der Waals surface area contributed by atoms with Crippen molar-refractivity contribution in [1.29, 1.82) is 0 Å². The molecule has 130 valence electrons. The number of rotatable bonds is 4. The normalized spacial score (nSPS) is 11.5. The zero-order valence-electron chi connectivity index (χ0n) is 12.7. The highest BCUT2D eigenvalue weighted by molar-refractivity contribution is 7.92. The number of amides is 1. The summed E-state index contributed by atoms with van der Waals surface area (Å²) in [4.78, 5) is 14.4. The molecule has 2 aromatic carbocycles. The number of anilines is 2. The van der Waals surface area contributed by atoms with Gasteiger partial charge in [-0.15, -0.1) is 0 Å². The van der Waals surface area contributed by atoms with E-state index in [2.05, 4.69) is 15.0 Å². The third-order valence-electron chi connectivity index (χ3n) is 3.11. The SMILES string of the molecule is CC(=O)Nc1nc2cc(NS(=O)(=O)c3cc(F)ccc3F)ccc2s1. The van der Waals surface area contributed by atoms with Gasteiger partial charge in [0.1, 0.15) is 16.5 Å². The summed E-state index contributed by atoms with van der Waals surface area (Å²) in [6.07, 6.45) is 0. The molecule has 3 rings (SSSR count). The quantitative estimate of drug-likeness (QED) is 0.723. The topological polar surface area (TPSA) is 88.2 Å². The smallest absolute Gasteiger partial charge is 0.264 e. The standard InChI is InChI=1S/C15H11F2N3O3S2/c1-8(21)18-15-19-12-7-10(3-5-13(12)24-15)20-25(22,23)14-6-9(16)2-4-11(14)17/h2-7,20H,1H3,(H,18,19,21). The molecule has 1 amide bonds. The minimum Gasteiger partial charge on any atom is -0.302 e. The van der Waals surface area contributed by atoms with Crippen LogP contribution < -0.4 is 10.0 Å². The summed E-state index contributed by atoms with van der Waals surface area (Å²) in [5.74, 6) is -2.20. The number of nitrogens with one attached hydrogen (secondary N) is 2. The minimum atomic E-state index is -4.31. The van der Waals surface area contributed by atoms with Crippen LogP contribution in [0.5, 0.6) is 0 Å². The van der Waals surface area contributed by atoms with E-state index >= 15 is 0 Å². The maximum atomic E-state index is 13.7. The summed E-state index contributed by atoms with van der Waals surface area (Å²) < 4.78 is 54.4. The molecule has 0 radical (unpaired) electrons. The Hall–Kier alpha value is -2.59. The van der Waals surface area contributed by atoms with Gasteiger partial charge in [0.05, 0.1) is 15.9 Å². The van der Waals surface area contributed by atoms with E-state index in [1.54, 1.807) is 6.07 Å². The third-order valence-corrected chi connectivity index (χ3v) is 5.45. The molecular weight excluding hydrogens is 372 g/mol. The van der Waals surface area contributed by atoms with Crippen molar-refractivity contribution in [3.63, 3.8) is 0 Å². The number of sulfonamides is 1. The van der Waals surface area contributed by atoms with Gasteiger partial charge in [0, 0.05) is 6.92 Å². The summed E-state index contributed by atoms with van der Waals surface area (Å²) in [6, 6.07) is 6.69. The number of hydrogen-bond donors (Lipinski definition) is 2. The zero-order valence-corrected chi connectivity index (χ0v) is 14.3. The predicted molar refractivity (Wildman–Crippen MR) is 91.1 cm³/mol. The number of nitrogens with zero attached hydrogens (tertiary/aromatic N) is 1.